The molecular weight excluding hydrogens is 436 g/mol. The Kier molecular flexibility index (Phi) is 6.75. The first-order valence-electron chi connectivity index (χ1n) is 11.9. The fourth-order valence-electron chi connectivity index (χ4n) is 4.50. The van der Waals surface area contributed by atoms with Gasteiger partial charge in [-0.25, -0.2) is 0 Å². The van der Waals surface area contributed by atoms with Crippen molar-refractivity contribution in [1.82, 2.24) is 4.98 Å². The van der Waals surface area contributed by atoms with E-state index >= 15 is 0 Å². The summed E-state index contributed by atoms with van der Waals surface area (Å²) in [4.78, 5) is 19.1. The van der Waals surface area contributed by atoms with Crippen molar-refractivity contribution in [2.24, 2.45) is 0 Å². The van der Waals surface area contributed by atoms with Crippen molar-refractivity contribution in [3.05, 3.63) is 108 Å². The lowest BCUT2D eigenvalue weighted by Crippen LogP contribution is -2.29. The number of anilines is 1. The van der Waals surface area contributed by atoms with Crippen molar-refractivity contribution in [2.75, 3.05) is 18.6 Å². The maximum absolute atomic E-state index is 13.1. The third-order valence-corrected chi connectivity index (χ3v) is 6.38. The SMILES string of the molecule is COc1ccc(CCC(=O)N2CCc3cc(-c4ccncc4)ccc32)cc1OCc1ccccc1. The second-order valence-corrected chi connectivity index (χ2v) is 8.63. The number of pyridine rings is 1. The van der Waals surface area contributed by atoms with Gasteiger partial charge in [0, 0.05) is 31.0 Å². The van der Waals surface area contributed by atoms with E-state index in [-0.39, 0.29) is 5.91 Å². The van der Waals surface area contributed by atoms with Crippen molar-refractivity contribution in [3.8, 4) is 22.6 Å². The molecule has 0 saturated heterocycles. The molecule has 0 atom stereocenters. The minimum absolute atomic E-state index is 0.142. The highest BCUT2D eigenvalue weighted by atomic mass is 16.5. The Balaban J connectivity index is 1.24. The molecule has 1 aliphatic heterocycles. The number of carbonyl (C=O) groups is 1. The molecular formula is C30H28N2O3. The molecule has 0 N–H and O–H groups in total. The van der Waals surface area contributed by atoms with Crippen LogP contribution < -0.4 is 14.4 Å². The Morgan fingerprint density at radius 1 is 0.886 bits per heavy atom. The topological polar surface area (TPSA) is 51.7 Å². The Morgan fingerprint density at radius 3 is 2.51 bits per heavy atom. The van der Waals surface area contributed by atoms with Gasteiger partial charge in [-0.15, -0.1) is 0 Å². The Labute approximate surface area is 206 Å². The van der Waals surface area contributed by atoms with Crippen LogP contribution in [0.5, 0.6) is 11.5 Å². The van der Waals surface area contributed by atoms with Crippen LogP contribution in [-0.2, 0) is 24.2 Å². The molecule has 2 heterocycles. The fourth-order valence-corrected chi connectivity index (χ4v) is 4.50. The first-order chi connectivity index (χ1) is 17.2. The minimum atomic E-state index is 0.142. The minimum Gasteiger partial charge on any atom is -0.493 e. The van der Waals surface area contributed by atoms with Crippen LogP contribution in [0.1, 0.15) is 23.1 Å². The largest absolute Gasteiger partial charge is 0.493 e. The van der Waals surface area contributed by atoms with Gasteiger partial charge in [-0.3, -0.25) is 9.78 Å². The Hall–Kier alpha value is -4.12. The smallest absolute Gasteiger partial charge is 0.227 e. The lowest BCUT2D eigenvalue weighted by Gasteiger charge is -2.18. The number of fused-ring (bicyclic) bond motifs is 1. The van der Waals surface area contributed by atoms with Crippen molar-refractivity contribution < 1.29 is 14.3 Å². The molecule has 35 heavy (non-hydrogen) atoms. The lowest BCUT2D eigenvalue weighted by molar-refractivity contribution is -0.118. The van der Waals surface area contributed by atoms with E-state index in [0.717, 1.165) is 40.9 Å². The zero-order valence-electron chi connectivity index (χ0n) is 19.8. The summed E-state index contributed by atoms with van der Waals surface area (Å²) >= 11 is 0. The molecule has 0 saturated carbocycles. The molecule has 3 aromatic carbocycles. The van der Waals surface area contributed by atoms with Crippen LogP contribution in [0.2, 0.25) is 0 Å². The van der Waals surface area contributed by atoms with Gasteiger partial charge < -0.3 is 14.4 Å². The number of methoxy groups -OCH3 is 1. The van der Waals surface area contributed by atoms with E-state index in [2.05, 4.69) is 23.2 Å². The zero-order chi connectivity index (χ0) is 24.0. The lowest BCUT2D eigenvalue weighted by atomic mass is 10.0. The molecule has 1 aromatic heterocycles. The number of benzene rings is 3. The maximum Gasteiger partial charge on any atom is 0.227 e. The van der Waals surface area contributed by atoms with Crippen LogP contribution in [0.3, 0.4) is 0 Å². The van der Waals surface area contributed by atoms with Crippen molar-refractivity contribution in [1.29, 1.82) is 0 Å². The van der Waals surface area contributed by atoms with E-state index in [1.54, 1.807) is 19.5 Å². The quantitative estimate of drug-likeness (QED) is 0.328. The number of ether oxygens (including phenoxy) is 2. The molecule has 0 spiro atoms. The van der Waals surface area contributed by atoms with E-state index in [1.165, 1.54) is 5.56 Å². The van der Waals surface area contributed by atoms with Gasteiger partial charge in [0.15, 0.2) is 11.5 Å². The molecule has 5 rings (SSSR count). The summed E-state index contributed by atoms with van der Waals surface area (Å²) in [6, 6.07) is 26.3. The molecule has 176 valence electrons. The average Bonchev–Trinajstić information content (AvgIpc) is 3.35. The third kappa shape index (κ3) is 5.19. The molecule has 0 fully saturated rings. The molecule has 0 radical (unpaired) electrons. The van der Waals surface area contributed by atoms with E-state index < -0.39 is 0 Å². The Morgan fingerprint density at radius 2 is 1.71 bits per heavy atom. The van der Waals surface area contributed by atoms with Crippen LogP contribution >= 0.6 is 0 Å². The number of aryl methyl sites for hydroxylation is 1. The second kappa shape index (κ2) is 10.4. The highest BCUT2D eigenvalue weighted by Crippen LogP contribution is 2.33. The summed E-state index contributed by atoms with van der Waals surface area (Å²) in [6.45, 7) is 1.19. The molecule has 1 aliphatic rings. The summed E-state index contributed by atoms with van der Waals surface area (Å²) < 4.78 is 11.5. The summed E-state index contributed by atoms with van der Waals surface area (Å²) in [6.07, 6.45) is 5.56. The van der Waals surface area contributed by atoms with Gasteiger partial charge in [0.05, 0.1) is 7.11 Å². The van der Waals surface area contributed by atoms with Gasteiger partial charge in [0.25, 0.3) is 0 Å². The van der Waals surface area contributed by atoms with E-state index in [4.69, 9.17) is 9.47 Å². The molecule has 4 aromatic rings. The van der Waals surface area contributed by atoms with E-state index in [9.17, 15) is 4.79 Å². The normalized spacial score (nSPS) is 12.3. The summed E-state index contributed by atoms with van der Waals surface area (Å²) in [5, 5.41) is 0. The number of hydrogen-bond acceptors (Lipinski definition) is 4. The van der Waals surface area contributed by atoms with Crippen LogP contribution in [0.25, 0.3) is 11.1 Å². The van der Waals surface area contributed by atoms with Gasteiger partial charge >= 0.3 is 0 Å². The average molecular weight is 465 g/mol. The Bertz CT molecular complexity index is 1310. The maximum atomic E-state index is 13.1. The number of nitrogens with zero attached hydrogens (tertiary/aromatic N) is 2. The number of carbonyl (C=O) groups excluding carboxylic acids is 1. The first-order valence-corrected chi connectivity index (χ1v) is 11.9. The monoisotopic (exact) mass is 464 g/mol. The van der Waals surface area contributed by atoms with Crippen molar-refractivity contribution >= 4 is 11.6 Å². The van der Waals surface area contributed by atoms with E-state index in [1.807, 2.05) is 65.6 Å². The third-order valence-electron chi connectivity index (χ3n) is 6.38. The number of amides is 1. The van der Waals surface area contributed by atoms with Crippen LogP contribution in [0.15, 0.2) is 91.3 Å². The molecule has 0 bridgehead atoms. The van der Waals surface area contributed by atoms with Gasteiger partial charge in [0.1, 0.15) is 6.61 Å². The number of rotatable bonds is 8. The highest BCUT2D eigenvalue weighted by molar-refractivity contribution is 5.96. The predicted octanol–water partition coefficient (Wildman–Crippen LogP) is 5.86. The molecule has 5 nitrogen and oxygen atoms in total. The number of hydrogen-bond donors (Lipinski definition) is 0. The molecule has 1 amide bonds. The van der Waals surface area contributed by atoms with Gasteiger partial charge in [-0.1, -0.05) is 42.5 Å². The molecule has 5 heteroatoms. The summed E-state index contributed by atoms with van der Waals surface area (Å²) in [7, 11) is 1.64. The molecule has 0 aliphatic carbocycles. The van der Waals surface area contributed by atoms with Gasteiger partial charge in [0.2, 0.25) is 5.91 Å². The van der Waals surface area contributed by atoms with Crippen LogP contribution in [0, 0.1) is 0 Å². The summed E-state index contributed by atoms with van der Waals surface area (Å²) in [5.74, 6) is 1.52. The zero-order valence-corrected chi connectivity index (χ0v) is 19.8. The van der Waals surface area contributed by atoms with Gasteiger partial charge in [-0.2, -0.15) is 0 Å². The van der Waals surface area contributed by atoms with Crippen LogP contribution in [-0.4, -0.2) is 24.5 Å². The standard InChI is InChI=1S/C30H28N2O3/c1-34-28-11-7-22(19-29(28)35-21-23-5-3-2-4-6-23)8-12-30(33)32-18-15-26-20-25(9-10-27(26)32)24-13-16-31-17-14-24/h2-7,9-11,13-14,16-17,19-20H,8,12,15,18,21H2,1H3. The highest BCUT2D eigenvalue weighted by Gasteiger charge is 2.24. The second-order valence-electron chi connectivity index (χ2n) is 8.63. The fraction of sp³-hybridized carbons (Fsp3) is 0.200. The molecule has 0 unspecified atom stereocenters. The van der Waals surface area contributed by atoms with E-state index in [0.29, 0.717) is 30.9 Å². The number of aromatic nitrogens is 1. The summed E-state index contributed by atoms with van der Waals surface area (Å²) in [5.41, 5.74) is 6.67. The van der Waals surface area contributed by atoms with Crippen molar-refractivity contribution in [3.63, 3.8) is 0 Å². The van der Waals surface area contributed by atoms with Crippen molar-refractivity contribution in [2.45, 2.75) is 25.9 Å². The predicted molar refractivity (Wildman–Crippen MR) is 138 cm³/mol. The first kappa shape index (κ1) is 22.7. The van der Waals surface area contributed by atoms with Crippen LogP contribution in [0.4, 0.5) is 5.69 Å². The van der Waals surface area contributed by atoms with Gasteiger partial charge in [-0.05, 0) is 77.1 Å².